The smallest absolute Gasteiger partial charge is 0.318 e. The third kappa shape index (κ3) is 3.13. The van der Waals surface area contributed by atoms with E-state index >= 15 is 0 Å². The molecule has 11 heteroatoms. The van der Waals surface area contributed by atoms with Gasteiger partial charge in [-0.2, -0.15) is 4.39 Å². The average Bonchev–Trinajstić information content (AvgIpc) is 2.64. The Morgan fingerprint density at radius 2 is 1.85 bits per heavy atom. The fourth-order valence-electron chi connectivity index (χ4n) is 2.32. The van der Waals surface area contributed by atoms with E-state index in [9.17, 15) is 33.3 Å². The highest BCUT2D eigenvalue weighted by molar-refractivity contribution is 6.72. The Labute approximate surface area is 148 Å². The highest BCUT2D eigenvalue weighted by Gasteiger charge is 2.40. The topological polar surface area (TPSA) is 128 Å². The average molecular weight is 375 g/mol. The number of hydrogen-bond acceptors (Lipinski definition) is 7. The molecule has 0 atom stereocenters. The van der Waals surface area contributed by atoms with E-state index in [1.54, 1.807) is 6.07 Å². The van der Waals surface area contributed by atoms with E-state index in [0.29, 0.717) is 6.07 Å². The monoisotopic (exact) mass is 375 g/mol. The van der Waals surface area contributed by atoms with Crippen LogP contribution in [0.5, 0.6) is 0 Å². The maximum Gasteiger partial charge on any atom is 0.365 e. The molecule has 1 aliphatic heterocycles. The summed E-state index contributed by atoms with van der Waals surface area (Å²) in [7, 11) is 0. The van der Waals surface area contributed by atoms with Crippen LogP contribution in [0.25, 0.3) is 0 Å². The number of halogens is 2. The van der Waals surface area contributed by atoms with Crippen LogP contribution >= 0.6 is 0 Å². The van der Waals surface area contributed by atoms with Crippen molar-refractivity contribution < 1.29 is 32.9 Å². The van der Waals surface area contributed by atoms with Gasteiger partial charge in [-0.15, -0.1) is 0 Å². The molecule has 0 bridgehead atoms. The SMILES string of the molecule is O=C1Nc2cc(F)c(F)c([N+](=O)[O-])c2C(=NOC(=O)c2ccccc2)C1=O. The number of nitro groups is 1. The Bertz CT molecular complexity index is 1040. The molecular weight excluding hydrogens is 368 g/mol. The number of rotatable bonds is 3. The second-order valence-corrected chi connectivity index (χ2v) is 5.17. The first-order valence-electron chi connectivity index (χ1n) is 7.18. The van der Waals surface area contributed by atoms with Gasteiger partial charge in [0.1, 0.15) is 5.56 Å². The van der Waals surface area contributed by atoms with Gasteiger partial charge >= 0.3 is 11.7 Å². The summed E-state index contributed by atoms with van der Waals surface area (Å²) >= 11 is 0. The number of nitro benzene ring substituents is 1. The van der Waals surface area contributed by atoms with Crippen LogP contribution in [-0.4, -0.2) is 28.3 Å². The molecule has 27 heavy (non-hydrogen) atoms. The van der Waals surface area contributed by atoms with E-state index in [2.05, 4.69) is 9.99 Å². The zero-order chi connectivity index (χ0) is 19.7. The van der Waals surface area contributed by atoms with Crippen LogP contribution in [0.2, 0.25) is 0 Å². The van der Waals surface area contributed by atoms with Gasteiger partial charge in [0.25, 0.3) is 11.7 Å². The number of carbonyl (C=O) groups is 3. The van der Waals surface area contributed by atoms with Crippen LogP contribution in [-0.2, 0) is 14.4 Å². The number of Topliss-reactive ketones (excluding diaryl/α,β-unsaturated/α-hetero) is 1. The maximum absolute atomic E-state index is 13.9. The van der Waals surface area contributed by atoms with Crippen molar-refractivity contribution in [3.63, 3.8) is 0 Å². The molecule has 1 aliphatic rings. The maximum atomic E-state index is 13.9. The number of benzene rings is 2. The van der Waals surface area contributed by atoms with E-state index in [4.69, 9.17) is 0 Å². The molecule has 0 aromatic heterocycles. The highest BCUT2D eigenvalue weighted by Crippen LogP contribution is 2.34. The molecule has 2 aromatic carbocycles. The Morgan fingerprint density at radius 1 is 1.19 bits per heavy atom. The molecule has 0 aliphatic carbocycles. The van der Waals surface area contributed by atoms with E-state index in [1.807, 2.05) is 5.32 Å². The zero-order valence-corrected chi connectivity index (χ0v) is 13.1. The quantitative estimate of drug-likeness (QED) is 0.378. The molecule has 1 heterocycles. The molecule has 3 rings (SSSR count). The third-order valence-corrected chi connectivity index (χ3v) is 3.51. The number of nitrogens with zero attached hydrogens (tertiary/aromatic N) is 2. The summed E-state index contributed by atoms with van der Waals surface area (Å²) in [6.45, 7) is 0. The lowest BCUT2D eigenvalue weighted by Crippen LogP contribution is -2.37. The van der Waals surface area contributed by atoms with Crippen molar-refractivity contribution >= 4 is 34.7 Å². The van der Waals surface area contributed by atoms with E-state index in [1.165, 1.54) is 24.3 Å². The number of nitrogens with one attached hydrogen (secondary N) is 1. The number of fused-ring (bicyclic) bond motifs is 1. The molecule has 9 nitrogen and oxygen atoms in total. The fourth-order valence-corrected chi connectivity index (χ4v) is 2.32. The summed E-state index contributed by atoms with van der Waals surface area (Å²) in [6.07, 6.45) is 0. The van der Waals surface area contributed by atoms with Crippen molar-refractivity contribution in [3.8, 4) is 0 Å². The first-order valence-corrected chi connectivity index (χ1v) is 7.18. The van der Waals surface area contributed by atoms with Crippen LogP contribution in [0.1, 0.15) is 15.9 Å². The predicted octanol–water partition coefficient (Wildman–Crippen LogP) is 1.96. The van der Waals surface area contributed by atoms with Crippen molar-refractivity contribution in [2.45, 2.75) is 0 Å². The summed E-state index contributed by atoms with van der Waals surface area (Å²) in [5, 5.41) is 16.3. The van der Waals surface area contributed by atoms with Crippen molar-refractivity contribution in [1.29, 1.82) is 0 Å². The Kier molecular flexibility index (Phi) is 4.42. The van der Waals surface area contributed by atoms with Crippen molar-refractivity contribution in [2.75, 3.05) is 5.32 Å². The van der Waals surface area contributed by atoms with Crippen molar-refractivity contribution in [3.05, 3.63) is 69.3 Å². The number of oxime groups is 1. The van der Waals surface area contributed by atoms with Gasteiger partial charge in [-0.3, -0.25) is 19.7 Å². The van der Waals surface area contributed by atoms with Gasteiger partial charge in [0, 0.05) is 6.07 Å². The van der Waals surface area contributed by atoms with E-state index in [0.717, 1.165) is 0 Å². The number of amides is 1. The van der Waals surface area contributed by atoms with Gasteiger partial charge in [0.2, 0.25) is 5.82 Å². The fraction of sp³-hybridized carbons (Fsp3) is 0. The van der Waals surface area contributed by atoms with Gasteiger partial charge in [0.15, 0.2) is 11.5 Å². The van der Waals surface area contributed by atoms with Crippen molar-refractivity contribution in [1.82, 2.24) is 0 Å². The standard InChI is InChI=1S/C16H7F2N3O6/c17-8-6-9-10(13(11(8)18)21(25)26)12(14(22)15(23)19-9)20-27-16(24)7-4-2-1-3-5-7/h1-6H,(H,19,23). The summed E-state index contributed by atoms with van der Waals surface area (Å²) < 4.78 is 27.5. The Balaban J connectivity index is 2.12. The van der Waals surface area contributed by atoms with Crippen LogP contribution in [0.3, 0.4) is 0 Å². The molecule has 0 unspecified atom stereocenters. The lowest BCUT2D eigenvalue weighted by Gasteiger charge is -2.17. The second-order valence-electron chi connectivity index (χ2n) is 5.17. The lowest BCUT2D eigenvalue weighted by molar-refractivity contribution is -0.387. The molecule has 1 N–H and O–H groups in total. The minimum Gasteiger partial charge on any atom is -0.318 e. The zero-order valence-electron chi connectivity index (χ0n) is 13.1. The molecule has 0 spiro atoms. The first kappa shape index (κ1) is 17.8. The molecule has 0 saturated carbocycles. The molecule has 2 aromatic rings. The molecule has 0 fully saturated rings. The normalized spacial score (nSPS) is 14.5. The van der Waals surface area contributed by atoms with Gasteiger partial charge in [-0.05, 0) is 12.1 Å². The number of carbonyl (C=O) groups excluding carboxylic acids is 3. The number of hydrogen-bond donors (Lipinski definition) is 1. The number of anilines is 1. The summed E-state index contributed by atoms with van der Waals surface area (Å²) in [6, 6.07) is 7.83. The second kappa shape index (κ2) is 6.71. The van der Waals surface area contributed by atoms with Gasteiger partial charge < -0.3 is 10.2 Å². The summed E-state index contributed by atoms with van der Waals surface area (Å²) in [5.74, 6) is -7.23. The molecule has 136 valence electrons. The Morgan fingerprint density at radius 3 is 2.48 bits per heavy atom. The number of ketones is 1. The van der Waals surface area contributed by atoms with Crippen LogP contribution in [0.4, 0.5) is 20.2 Å². The van der Waals surface area contributed by atoms with E-state index in [-0.39, 0.29) is 5.56 Å². The minimum atomic E-state index is -1.86. The summed E-state index contributed by atoms with van der Waals surface area (Å²) in [4.78, 5) is 50.1. The predicted molar refractivity (Wildman–Crippen MR) is 85.0 cm³/mol. The van der Waals surface area contributed by atoms with E-state index < -0.39 is 56.9 Å². The summed E-state index contributed by atoms with van der Waals surface area (Å²) in [5.41, 5.74) is -3.74. The first-order chi connectivity index (χ1) is 12.8. The van der Waals surface area contributed by atoms with Crippen LogP contribution in [0, 0.1) is 21.7 Å². The highest BCUT2D eigenvalue weighted by atomic mass is 19.2. The van der Waals surface area contributed by atoms with Gasteiger partial charge in [-0.1, -0.05) is 23.4 Å². The molecule has 0 radical (unpaired) electrons. The van der Waals surface area contributed by atoms with Crippen molar-refractivity contribution in [2.24, 2.45) is 5.16 Å². The van der Waals surface area contributed by atoms with Gasteiger partial charge in [-0.25, -0.2) is 9.18 Å². The lowest BCUT2D eigenvalue weighted by atomic mass is 9.97. The molecule has 1 amide bonds. The largest absolute Gasteiger partial charge is 0.365 e. The molecular formula is C16H7F2N3O6. The minimum absolute atomic E-state index is 0.0366. The Hall–Kier alpha value is -4.02. The van der Waals surface area contributed by atoms with Gasteiger partial charge in [0.05, 0.1) is 16.2 Å². The van der Waals surface area contributed by atoms with Crippen LogP contribution in [0.15, 0.2) is 41.6 Å². The third-order valence-electron chi connectivity index (χ3n) is 3.51. The molecule has 0 saturated heterocycles. The van der Waals surface area contributed by atoms with Crippen LogP contribution < -0.4 is 5.32 Å².